The second kappa shape index (κ2) is 4.17. The maximum atomic E-state index is 5.86. The van der Waals surface area contributed by atoms with Crippen LogP contribution in [0, 0.1) is 17.8 Å². The van der Waals surface area contributed by atoms with Gasteiger partial charge in [-0.15, -0.1) is 0 Å². The number of hydrogen-bond donors (Lipinski definition) is 2. The smallest absolute Gasteiger partial charge is 0.152 e. The average molecular weight is 232 g/mol. The van der Waals surface area contributed by atoms with E-state index in [4.69, 9.17) is 5.73 Å². The van der Waals surface area contributed by atoms with Gasteiger partial charge in [0.05, 0.1) is 11.9 Å². The number of aromatic nitrogens is 2. The highest BCUT2D eigenvalue weighted by Crippen LogP contribution is 2.49. The molecule has 1 aromatic rings. The summed E-state index contributed by atoms with van der Waals surface area (Å²) < 4.78 is 0. The van der Waals surface area contributed by atoms with Crippen molar-refractivity contribution in [3.63, 3.8) is 0 Å². The number of rotatable bonds is 3. The Labute approximate surface area is 102 Å². The van der Waals surface area contributed by atoms with Crippen LogP contribution in [0.1, 0.15) is 32.6 Å². The molecule has 2 fully saturated rings. The molecule has 0 amide bonds. The third kappa shape index (κ3) is 1.96. The molecule has 4 heteroatoms. The topological polar surface area (TPSA) is 63.8 Å². The molecule has 0 aliphatic heterocycles. The number of hydrogen-bond acceptors (Lipinski definition) is 4. The van der Waals surface area contributed by atoms with E-state index < -0.39 is 0 Å². The first-order valence-electron chi connectivity index (χ1n) is 6.56. The van der Waals surface area contributed by atoms with Gasteiger partial charge in [0.15, 0.2) is 5.82 Å². The molecule has 0 saturated heterocycles. The monoisotopic (exact) mass is 232 g/mol. The van der Waals surface area contributed by atoms with Crippen LogP contribution in [0.15, 0.2) is 12.5 Å². The third-order valence-electron chi connectivity index (χ3n) is 4.54. The summed E-state index contributed by atoms with van der Waals surface area (Å²) in [6.07, 6.45) is 8.89. The Morgan fingerprint density at radius 3 is 2.94 bits per heavy atom. The zero-order chi connectivity index (χ0) is 11.8. The van der Waals surface area contributed by atoms with Gasteiger partial charge in [-0.3, -0.25) is 0 Å². The molecule has 0 radical (unpaired) electrons. The molecule has 1 heterocycles. The molecule has 2 saturated carbocycles. The average Bonchev–Trinajstić information content (AvgIpc) is 2.94. The van der Waals surface area contributed by atoms with E-state index in [0.29, 0.717) is 11.7 Å². The SMILES string of the molecule is CC(Nc1ncncc1N)C1CC2CCC1C2. The molecule has 0 aromatic carbocycles. The first-order chi connectivity index (χ1) is 8.24. The summed E-state index contributed by atoms with van der Waals surface area (Å²) in [6.45, 7) is 2.26. The summed E-state index contributed by atoms with van der Waals surface area (Å²) in [5.41, 5.74) is 6.50. The van der Waals surface area contributed by atoms with Crippen LogP contribution >= 0.6 is 0 Å². The Balaban J connectivity index is 1.68. The molecule has 3 N–H and O–H groups in total. The van der Waals surface area contributed by atoms with Crippen molar-refractivity contribution < 1.29 is 0 Å². The standard InChI is InChI=1S/C13H20N4/c1-8(11-5-9-2-3-10(11)4-9)17-13-12(14)6-15-7-16-13/h6-11H,2-5,14H2,1H3,(H,15,16,17). The molecule has 3 rings (SSSR count). The van der Waals surface area contributed by atoms with E-state index >= 15 is 0 Å². The summed E-state index contributed by atoms with van der Waals surface area (Å²) in [5, 5.41) is 3.46. The maximum Gasteiger partial charge on any atom is 0.152 e. The van der Waals surface area contributed by atoms with Crippen molar-refractivity contribution in [2.24, 2.45) is 17.8 Å². The predicted octanol–water partition coefficient (Wildman–Crippen LogP) is 2.30. The minimum Gasteiger partial charge on any atom is -0.394 e. The van der Waals surface area contributed by atoms with Crippen LogP contribution in [0.2, 0.25) is 0 Å². The number of nitrogens with two attached hydrogens (primary N) is 1. The van der Waals surface area contributed by atoms with Crippen LogP contribution in [-0.2, 0) is 0 Å². The van der Waals surface area contributed by atoms with Crippen LogP contribution in [0.4, 0.5) is 11.5 Å². The zero-order valence-corrected chi connectivity index (χ0v) is 10.3. The molecule has 1 aromatic heterocycles. The fraction of sp³-hybridized carbons (Fsp3) is 0.692. The Hall–Kier alpha value is -1.32. The molecule has 2 aliphatic rings. The second-order valence-electron chi connectivity index (χ2n) is 5.60. The Kier molecular flexibility index (Phi) is 2.65. The second-order valence-corrected chi connectivity index (χ2v) is 5.60. The molecule has 92 valence electrons. The van der Waals surface area contributed by atoms with Crippen molar-refractivity contribution in [1.82, 2.24) is 9.97 Å². The quantitative estimate of drug-likeness (QED) is 0.839. The van der Waals surface area contributed by atoms with Crippen molar-refractivity contribution >= 4 is 11.5 Å². The van der Waals surface area contributed by atoms with Gasteiger partial charge >= 0.3 is 0 Å². The lowest BCUT2D eigenvalue weighted by atomic mass is 9.84. The lowest BCUT2D eigenvalue weighted by molar-refractivity contribution is 0.304. The summed E-state index contributed by atoms with van der Waals surface area (Å²) in [4.78, 5) is 8.12. The summed E-state index contributed by atoms with van der Waals surface area (Å²) in [7, 11) is 0. The molecule has 0 spiro atoms. The molecule has 2 aliphatic carbocycles. The van der Waals surface area contributed by atoms with E-state index in [9.17, 15) is 0 Å². The number of nitrogens with zero attached hydrogens (tertiary/aromatic N) is 2. The van der Waals surface area contributed by atoms with Gasteiger partial charge in [0, 0.05) is 6.04 Å². The summed E-state index contributed by atoms with van der Waals surface area (Å²) >= 11 is 0. The van der Waals surface area contributed by atoms with Gasteiger partial charge in [-0.05, 0) is 43.9 Å². The Morgan fingerprint density at radius 1 is 1.41 bits per heavy atom. The van der Waals surface area contributed by atoms with Crippen LogP contribution in [-0.4, -0.2) is 16.0 Å². The van der Waals surface area contributed by atoms with Crippen LogP contribution < -0.4 is 11.1 Å². The minimum atomic E-state index is 0.461. The Bertz CT molecular complexity index is 406. The summed E-state index contributed by atoms with van der Waals surface area (Å²) in [5.74, 6) is 3.49. The molecule has 4 nitrogen and oxygen atoms in total. The largest absolute Gasteiger partial charge is 0.394 e. The van der Waals surface area contributed by atoms with Crippen molar-refractivity contribution in [3.05, 3.63) is 12.5 Å². The van der Waals surface area contributed by atoms with Gasteiger partial charge in [-0.25, -0.2) is 9.97 Å². The highest BCUT2D eigenvalue weighted by molar-refractivity contribution is 5.59. The number of anilines is 2. The van der Waals surface area contributed by atoms with Gasteiger partial charge in [0.1, 0.15) is 6.33 Å². The fourth-order valence-corrected chi connectivity index (χ4v) is 3.69. The van der Waals surface area contributed by atoms with E-state index in [1.807, 2.05) is 0 Å². The first-order valence-corrected chi connectivity index (χ1v) is 6.56. The lowest BCUT2D eigenvalue weighted by Gasteiger charge is -2.29. The van der Waals surface area contributed by atoms with Crippen molar-refractivity contribution in [1.29, 1.82) is 0 Å². The van der Waals surface area contributed by atoms with Crippen LogP contribution in [0.5, 0.6) is 0 Å². The fourth-order valence-electron chi connectivity index (χ4n) is 3.69. The van der Waals surface area contributed by atoms with E-state index in [1.165, 1.54) is 25.7 Å². The van der Waals surface area contributed by atoms with Gasteiger partial charge in [-0.2, -0.15) is 0 Å². The van der Waals surface area contributed by atoms with Gasteiger partial charge in [-0.1, -0.05) is 6.42 Å². The molecule has 17 heavy (non-hydrogen) atoms. The first kappa shape index (κ1) is 10.8. The van der Waals surface area contributed by atoms with E-state index in [1.54, 1.807) is 12.5 Å². The molecule has 4 unspecified atom stereocenters. The van der Waals surface area contributed by atoms with Crippen molar-refractivity contribution in [2.75, 3.05) is 11.1 Å². The molecule has 2 bridgehead atoms. The highest BCUT2D eigenvalue weighted by atomic mass is 15.1. The zero-order valence-electron chi connectivity index (χ0n) is 10.3. The van der Waals surface area contributed by atoms with Crippen molar-refractivity contribution in [2.45, 2.75) is 38.6 Å². The van der Waals surface area contributed by atoms with E-state index in [2.05, 4.69) is 22.2 Å². The molecular formula is C13H20N4. The third-order valence-corrected chi connectivity index (χ3v) is 4.54. The normalized spacial score (nSPS) is 32.6. The highest BCUT2D eigenvalue weighted by Gasteiger charge is 2.41. The van der Waals surface area contributed by atoms with E-state index in [0.717, 1.165) is 23.6 Å². The Morgan fingerprint density at radius 2 is 2.29 bits per heavy atom. The van der Waals surface area contributed by atoms with Crippen LogP contribution in [0.25, 0.3) is 0 Å². The van der Waals surface area contributed by atoms with Crippen molar-refractivity contribution in [3.8, 4) is 0 Å². The van der Waals surface area contributed by atoms with Gasteiger partial charge in [0.25, 0.3) is 0 Å². The predicted molar refractivity (Wildman–Crippen MR) is 68.5 cm³/mol. The van der Waals surface area contributed by atoms with Gasteiger partial charge < -0.3 is 11.1 Å². The van der Waals surface area contributed by atoms with E-state index in [-0.39, 0.29) is 0 Å². The number of nitrogens with one attached hydrogen (secondary N) is 1. The van der Waals surface area contributed by atoms with Crippen LogP contribution in [0.3, 0.4) is 0 Å². The minimum absolute atomic E-state index is 0.461. The molecular weight excluding hydrogens is 212 g/mol. The maximum absolute atomic E-state index is 5.86. The number of nitrogen functional groups attached to an aromatic ring is 1. The number of fused-ring (bicyclic) bond motifs is 2. The van der Waals surface area contributed by atoms with Gasteiger partial charge in [0.2, 0.25) is 0 Å². The summed E-state index contributed by atoms with van der Waals surface area (Å²) in [6, 6.07) is 0.461. The molecule has 4 atom stereocenters. The lowest BCUT2D eigenvalue weighted by Crippen LogP contribution is -2.30.